The first kappa shape index (κ1) is 11.3. The number of nitrogens with zero attached hydrogens (tertiary/aromatic N) is 2. The number of anilines is 1. The van der Waals surface area contributed by atoms with Crippen LogP contribution in [0.1, 0.15) is 12.8 Å². The van der Waals surface area contributed by atoms with Gasteiger partial charge in [-0.25, -0.2) is 4.98 Å². The molecule has 0 saturated carbocycles. The van der Waals surface area contributed by atoms with Crippen LogP contribution < -0.4 is 4.90 Å². The van der Waals surface area contributed by atoms with Crippen molar-refractivity contribution in [2.75, 3.05) is 31.2 Å². The van der Waals surface area contributed by atoms with E-state index in [0.717, 1.165) is 56.1 Å². The molecule has 2 aromatic rings. The lowest BCUT2D eigenvalue weighted by Gasteiger charge is -2.37. The van der Waals surface area contributed by atoms with Crippen molar-refractivity contribution < 1.29 is 9.47 Å². The fourth-order valence-corrected chi connectivity index (χ4v) is 2.93. The van der Waals surface area contributed by atoms with Gasteiger partial charge in [-0.3, -0.25) is 0 Å². The molecule has 2 saturated heterocycles. The van der Waals surface area contributed by atoms with Crippen molar-refractivity contribution in [2.24, 2.45) is 0 Å². The molecule has 5 nitrogen and oxygen atoms in total. The molecule has 2 aliphatic rings. The van der Waals surface area contributed by atoms with Crippen LogP contribution in [0.4, 0.5) is 5.95 Å². The van der Waals surface area contributed by atoms with Gasteiger partial charge in [0.2, 0.25) is 5.95 Å². The third-order valence-electron chi connectivity index (χ3n) is 4.02. The van der Waals surface area contributed by atoms with Crippen LogP contribution in [-0.2, 0) is 9.47 Å². The van der Waals surface area contributed by atoms with E-state index in [1.54, 1.807) is 0 Å². The van der Waals surface area contributed by atoms with Gasteiger partial charge in [-0.1, -0.05) is 12.1 Å². The molecule has 1 N–H and O–H groups in total. The monoisotopic (exact) mass is 259 g/mol. The highest BCUT2D eigenvalue weighted by Gasteiger charge is 2.40. The second-order valence-electron chi connectivity index (χ2n) is 5.17. The lowest BCUT2D eigenvalue weighted by atomic mass is 10.0. The van der Waals surface area contributed by atoms with Crippen molar-refractivity contribution in [1.29, 1.82) is 0 Å². The van der Waals surface area contributed by atoms with Crippen LogP contribution >= 0.6 is 0 Å². The Bertz CT molecular complexity index is 546. The molecule has 0 bridgehead atoms. The van der Waals surface area contributed by atoms with E-state index < -0.39 is 0 Å². The Morgan fingerprint density at radius 1 is 1.11 bits per heavy atom. The topological polar surface area (TPSA) is 50.4 Å². The molecule has 2 aliphatic heterocycles. The van der Waals surface area contributed by atoms with E-state index in [-0.39, 0.29) is 5.79 Å². The van der Waals surface area contributed by atoms with Crippen LogP contribution in [0.15, 0.2) is 24.3 Å². The summed E-state index contributed by atoms with van der Waals surface area (Å²) in [6, 6.07) is 8.12. The number of H-pyrrole nitrogens is 1. The maximum Gasteiger partial charge on any atom is 0.203 e. The fourth-order valence-electron chi connectivity index (χ4n) is 2.93. The molecule has 3 heterocycles. The molecule has 4 rings (SSSR count). The number of piperidine rings is 1. The van der Waals surface area contributed by atoms with Crippen molar-refractivity contribution in [3.63, 3.8) is 0 Å². The summed E-state index contributed by atoms with van der Waals surface area (Å²) in [6.07, 6.45) is 1.81. The first-order valence-electron chi connectivity index (χ1n) is 6.82. The minimum Gasteiger partial charge on any atom is -0.347 e. The molecule has 0 atom stereocenters. The zero-order valence-electron chi connectivity index (χ0n) is 10.8. The molecule has 1 aromatic carbocycles. The first-order chi connectivity index (χ1) is 9.35. The van der Waals surface area contributed by atoms with Gasteiger partial charge in [0.1, 0.15) is 0 Å². The van der Waals surface area contributed by atoms with Crippen molar-refractivity contribution in [1.82, 2.24) is 9.97 Å². The smallest absolute Gasteiger partial charge is 0.203 e. The summed E-state index contributed by atoms with van der Waals surface area (Å²) in [4.78, 5) is 10.3. The van der Waals surface area contributed by atoms with E-state index in [9.17, 15) is 0 Å². The van der Waals surface area contributed by atoms with Gasteiger partial charge in [-0.15, -0.1) is 0 Å². The van der Waals surface area contributed by atoms with Gasteiger partial charge >= 0.3 is 0 Å². The minimum atomic E-state index is -0.317. The first-order valence-corrected chi connectivity index (χ1v) is 6.82. The Labute approximate surface area is 111 Å². The zero-order chi connectivity index (χ0) is 12.7. The van der Waals surface area contributed by atoms with Gasteiger partial charge in [0.25, 0.3) is 0 Å². The maximum atomic E-state index is 5.75. The molecule has 1 spiro atoms. The van der Waals surface area contributed by atoms with Gasteiger partial charge in [-0.2, -0.15) is 0 Å². The highest BCUT2D eigenvalue weighted by molar-refractivity contribution is 5.77. The van der Waals surface area contributed by atoms with Gasteiger partial charge in [0.15, 0.2) is 5.79 Å². The summed E-state index contributed by atoms with van der Waals surface area (Å²) in [5, 5.41) is 0. The predicted molar refractivity (Wildman–Crippen MR) is 72.2 cm³/mol. The van der Waals surface area contributed by atoms with Crippen molar-refractivity contribution in [3.05, 3.63) is 24.3 Å². The van der Waals surface area contributed by atoms with Crippen LogP contribution in [-0.4, -0.2) is 42.1 Å². The Balaban J connectivity index is 1.54. The van der Waals surface area contributed by atoms with Crippen molar-refractivity contribution in [3.8, 4) is 0 Å². The van der Waals surface area contributed by atoms with E-state index in [2.05, 4.69) is 20.9 Å². The normalized spacial score (nSPS) is 22.4. The average molecular weight is 259 g/mol. The summed E-state index contributed by atoms with van der Waals surface area (Å²) in [7, 11) is 0. The van der Waals surface area contributed by atoms with E-state index in [1.165, 1.54) is 0 Å². The summed E-state index contributed by atoms with van der Waals surface area (Å²) in [6.45, 7) is 3.29. The summed E-state index contributed by atoms with van der Waals surface area (Å²) in [5.74, 6) is 0.636. The van der Waals surface area contributed by atoms with Crippen LogP contribution in [0, 0.1) is 0 Å². The van der Waals surface area contributed by atoms with Gasteiger partial charge in [0, 0.05) is 25.9 Å². The number of rotatable bonds is 1. The fraction of sp³-hybridized carbons (Fsp3) is 0.500. The van der Waals surface area contributed by atoms with Crippen molar-refractivity contribution in [2.45, 2.75) is 18.6 Å². The lowest BCUT2D eigenvalue weighted by molar-refractivity contribution is -0.169. The van der Waals surface area contributed by atoms with E-state index >= 15 is 0 Å². The summed E-state index contributed by atoms with van der Waals surface area (Å²) >= 11 is 0. The molecule has 0 aliphatic carbocycles. The molecule has 0 radical (unpaired) electrons. The standard InChI is InChI=1S/C14H17N3O2/c1-2-4-12-11(3-1)15-13(16-12)17-7-5-14(6-8-17)18-9-10-19-14/h1-4H,5-10H2,(H,15,16). The number of hydrogen-bond donors (Lipinski definition) is 1. The molecule has 2 fully saturated rings. The molecule has 5 heteroatoms. The number of hydrogen-bond acceptors (Lipinski definition) is 4. The van der Waals surface area contributed by atoms with Crippen molar-refractivity contribution >= 4 is 17.0 Å². The van der Waals surface area contributed by atoms with Gasteiger partial charge in [-0.05, 0) is 12.1 Å². The van der Waals surface area contributed by atoms with Gasteiger partial charge < -0.3 is 19.4 Å². The number of aromatic amines is 1. The number of aromatic nitrogens is 2. The highest BCUT2D eigenvalue weighted by Crippen LogP contribution is 2.32. The molecule has 0 unspecified atom stereocenters. The number of benzene rings is 1. The molecule has 19 heavy (non-hydrogen) atoms. The average Bonchev–Trinajstić information content (AvgIpc) is 3.06. The Hall–Kier alpha value is -1.59. The second kappa shape index (κ2) is 4.21. The van der Waals surface area contributed by atoms with E-state index in [0.29, 0.717) is 0 Å². The molecule has 0 amide bonds. The Kier molecular flexibility index (Phi) is 2.50. The Morgan fingerprint density at radius 3 is 2.58 bits per heavy atom. The van der Waals surface area contributed by atoms with Crippen LogP contribution in [0.25, 0.3) is 11.0 Å². The zero-order valence-corrected chi connectivity index (χ0v) is 10.8. The Morgan fingerprint density at radius 2 is 1.84 bits per heavy atom. The second-order valence-corrected chi connectivity index (χ2v) is 5.17. The predicted octanol–water partition coefficient (Wildman–Crippen LogP) is 1.91. The number of ether oxygens (including phenoxy) is 2. The van der Waals surface area contributed by atoms with E-state index in [4.69, 9.17) is 9.47 Å². The number of nitrogens with one attached hydrogen (secondary N) is 1. The molecular weight excluding hydrogens is 242 g/mol. The number of fused-ring (bicyclic) bond motifs is 1. The van der Waals surface area contributed by atoms with E-state index in [1.807, 2.05) is 18.2 Å². The molecule has 1 aromatic heterocycles. The number of para-hydroxylation sites is 2. The van der Waals surface area contributed by atoms with Gasteiger partial charge in [0.05, 0.1) is 24.2 Å². The van der Waals surface area contributed by atoms with Crippen LogP contribution in [0.2, 0.25) is 0 Å². The number of imidazole rings is 1. The molecular formula is C14H17N3O2. The maximum absolute atomic E-state index is 5.75. The summed E-state index contributed by atoms with van der Waals surface area (Å²) in [5.41, 5.74) is 2.11. The SMILES string of the molecule is c1ccc2[nH]c(N3CCC4(CC3)OCCO4)nc2c1. The quantitative estimate of drug-likeness (QED) is 0.850. The molecule has 100 valence electrons. The highest BCUT2D eigenvalue weighted by atomic mass is 16.7. The summed E-state index contributed by atoms with van der Waals surface area (Å²) < 4.78 is 11.5. The lowest BCUT2D eigenvalue weighted by Crippen LogP contribution is -2.45. The van der Waals surface area contributed by atoms with Crippen LogP contribution in [0.5, 0.6) is 0 Å². The van der Waals surface area contributed by atoms with Crippen LogP contribution in [0.3, 0.4) is 0 Å². The largest absolute Gasteiger partial charge is 0.347 e. The minimum absolute atomic E-state index is 0.317. The third kappa shape index (κ3) is 1.89. The third-order valence-corrected chi connectivity index (χ3v) is 4.02.